The lowest BCUT2D eigenvalue weighted by molar-refractivity contribution is 0.0924. The highest BCUT2D eigenvalue weighted by molar-refractivity contribution is 5.94. The first-order valence-corrected chi connectivity index (χ1v) is 9.55. The van der Waals surface area contributed by atoms with E-state index in [4.69, 9.17) is 4.74 Å². The molecule has 0 spiro atoms. The van der Waals surface area contributed by atoms with Crippen molar-refractivity contribution < 1.29 is 9.53 Å². The molecule has 2 rings (SSSR count). The van der Waals surface area contributed by atoms with Crippen LogP contribution in [0.1, 0.15) is 41.8 Å². The SMILES string of the molecule is CC(C)CC(CN(C)C)NC(=O)c1cccc(OCc2ccccc2C#N)c1. The largest absolute Gasteiger partial charge is 0.489 e. The van der Waals surface area contributed by atoms with Crippen molar-refractivity contribution in [2.45, 2.75) is 32.9 Å². The lowest BCUT2D eigenvalue weighted by atomic mass is 10.0. The zero-order valence-electron chi connectivity index (χ0n) is 17.1. The summed E-state index contributed by atoms with van der Waals surface area (Å²) in [6.45, 7) is 5.39. The van der Waals surface area contributed by atoms with Gasteiger partial charge in [0.2, 0.25) is 0 Å². The number of rotatable bonds is 9. The molecule has 0 saturated carbocycles. The Bertz CT molecular complexity index is 815. The van der Waals surface area contributed by atoms with Crippen LogP contribution in [0.15, 0.2) is 48.5 Å². The molecule has 1 atom stereocenters. The van der Waals surface area contributed by atoms with Crippen LogP contribution in [-0.4, -0.2) is 37.5 Å². The number of nitrogens with zero attached hydrogens (tertiary/aromatic N) is 2. The van der Waals surface area contributed by atoms with Gasteiger partial charge < -0.3 is 15.0 Å². The molecule has 0 aliphatic heterocycles. The molecule has 0 radical (unpaired) electrons. The lowest BCUT2D eigenvalue weighted by Gasteiger charge is -2.24. The molecule has 0 heterocycles. The second-order valence-electron chi connectivity index (χ2n) is 7.65. The maximum Gasteiger partial charge on any atom is 0.251 e. The monoisotopic (exact) mass is 379 g/mol. The van der Waals surface area contributed by atoms with Gasteiger partial charge >= 0.3 is 0 Å². The van der Waals surface area contributed by atoms with Crippen molar-refractivity contribution in [2.24, 2.45) is 5.92 Å². The minimum atomic E-state index is -0.102. The van der Waals surface area contributed by atoms with E-state index in [1.54, 1.807) is 18.2 Å². The number of benzene rings is 2. The van der Waals surface area contributed by atoms with Gasteiger partial charge in [0.1, 0.15) is 12.4 Å². The highest BCUT2D eigenvalue weighted by Gasteiger charge is 2.16. The molecule has 1 unspecified atom stereocenters. The summed E-state index contributed by atoms with van der Waals surface area (Å²) in [5, 5.41) is 12.3. The summed E-state index contributed by atoms with van der Waals surface area (Å²) in [4.78, 5) is 14.8. The van der Waals surface area contributed by atoms with E-state index in [1.165, 1.54) is 0 Å². The zero-order chi connectivity index (χ0) is 20.5. The van der Waals surface area contributed by atoms with Crippen LogP contribution in [0, 0.1) is 17.2 Å². The molecular formula is C23H29N3O2. The third-order valence-electron chi connectivity index (χ3n) is 4.31. The molecule has 2 aromatic rings. The molecule has 0 saturated heterocycles. The van der Waals surface area contributed by atoms with Gasteiger partial charge in [-0.2, -0.15) is 5.26 Å². The van der Waals surface area contributed by atoms with Crippen LogP contribution >= 0.6 is 0 Å². The number of ether oxygens (including phenoxy) is 1. The van der Waals surface area contributed by atoms with Gasteiger partial charge in [0.15, 0.2) is 0 Å². The number of nitriles is 1. The smallest absolute Gasteiger partial charge is 0.251 e. The maximum absolute atomic E-state index is 12.7. The summed E-state index contributed by atoms with van der Waals surface area (Å²) in [6, 6.07) is 16.8. The van der Waals surface area contributed by atoms with Crippen LogP contribution in [0.4, 0.5) is 0 Å². The van der Waals surface area contributed by atoms with Gasteiger partial charge in [-0.25, -0.2) is 0 Å². The van der Waals surface area contributed by atoms with Gasteiger partial charge in [-0.05, 0) is 50.7 Å². The summed E-state index contributed by atoms with van der Waals surface area (Å²) < 4.78 is 5.82. The van der Waals surface area contributed by atoms with Crippen molar-refractivity contribution in [1.82, 2.24) is 10.2 Å². The molecule has 1 amide bonds. The number of hydrogen-bond acceptors (Lipinski definition) is 4. The fraction of sp³-hybridized carbons (Fsp3) is 0.391. The van der Waals surface area contributed by atoms with Gasteiger partial charge in [-0.15, -0.1) is 0 Å². The number of hydrogen-bond donors (Lipinski definition) is 1. The number of amides is 1. The van der Waals surface area contributed by atoms with Crippen molar-refractivity contribution in [1.29, 1.82) is 5.26 Å². The van der Waals surface area contributed by atoms with Crippen LogP contribution in [0.2, 0.25) is 0 Å². The summed E-state index contributed by atoms with van der Waals surface area (Å²) in [5.74, 6) is 1.00. The molecule has 2 aromatic carbocycles. The Kier molecular flexibility index (Phi) is 8.03. The molecule has 5 nitrogen and oxygen atoms in total. The Morgan fingerprint density at radius 1 is 1.18 bits per heavy atom. The van der Waals surface area contributed by atoms with Crippen LogP contribution in [-0.2, 0) is 6.61 Å². The summed E-state index contributed by atoms with van der Waals surface area (Å²) in [5.41, 5.74) is 1.98. The van der Waals surface area contributed by atoms with Crippen LogP contribution < -0.4 is 10.1 Å². The van der Waals surface area contributed by atoms with E-state index in [1.807, 2.05) is 44.4 Å². The van der Waals surface area contributed by atoms with Crippen molar-refractivity contribution in [3.8, 4) is 11.8 Å². The van der Waals surface area contributed by atoms with E-state index < -0.39 is 0 Å². The lowest BCUT2D eigenvalue weighted by Crippen LogP contribution is -2.42. The molecule has 1 N–H and O–H groups in total. The van der Waals surface area contributed by atoms with Gasteiger partial charge in [-0.3, -0.25) is 4.79 Å². The standard InChI is InChI=1S/C23H29N3O2/c1-17(2)12-21(15-26(3)4)25-23(27)18-10-7-11-22(13-18)28-16-20-9-6-5-8-19(20)14-24/h5-11,13,17,21H,12,15-16H2,1-4H3,(H,25,27). The Balaban J connectivity index is 2.04. The average molecular weight is 380 g/mol. The van der Waals surface area contributed by atoms with Crippen LogP contribution in [0.3, 0.4) is 0 Å². The molecule has 148 valence electrons. The quantitative estimate of drug-likeness (QED) is 0.719. The van der Waals surface area contributed by atoms with E-state index in [-0.39, 0.29) is 18.6 Å². The van der Waals surface area contributed by atoms with E-state index in [2.05, 4.69) is 30.1 Å². The van der Waals surface area contributed by atoms with Gasteiger partial charge in [0, 0.05) is 23.7 Å². The molecule has 5 heteroatoms. The molecule has 0 aliphatic carbocycles. The summed E-state index contributed by atoms with van der Waals surface area (Å²) in [6.07, 6.45) is 0.922. The predicted octanol–water partition coefficient (Wildman–Crippen LogP) is 3.84. The summed E-state index contributed by atoms with van der Waals surface area (Å²) >= 11 is 0. The predicted molar refractivity (Wildman–Crippen MR) is 111 cm³/mol. The van der Waals surface area contributed by atoms with Crippen molar-refractivity contribution in [3.05, 3.63) is 65.2 Å². The third-order valence-corrected chi connectivity index (χ3v) is 4.31. The average Bonchev–Trinajstić information content (AvgIpc) is 2.65. The normalized spacial score (nSPS) is 11.9. The Morgan fingerprint density at radius 2 is 1.93 bits per heavy atom. The molecule has 0 aliphatic rings. The molecule has 0 fully saturated rings. The second kappa shape index (κ2) is 10.5. The highest BCUT2D eigenvalue weighted by atomic mass is 16.5. The number of likely N-dealkylation sites (N-methyl/N-ethyl adjacent to an activating group) is 1. The zero-order valence-corrected chi connectivity index (χ0v) is 17.1. The Hall–Kier alpha value is -2.84. The minimum Gasteiger partial charge on any atom is -0.489 e. The number of carbonyl (C=O) groups is 1. The first-order chi connectivity index (χ1) is 13.4. The van der Waals surface area contributed by atoms with Gasteiger partial charge in [0.25, 0.3) is 5.91 Å². The number of nitrogens with one attached hydrogen (secondary N) is 1. The van der Waals surface area contributed by atoms with Gasteiger partial charge in [0.05, 0.1) is 11.6 Å². The van der Waals surface area contributed by atoms with Crippen LogP contribution in [0.25, 0.3) is 0 Å². The van der Waals surface area contributed by atoms with E-state index >= 15 is 0 Å². The third kappa shape index (κ3) is 6.71. The molecular weight excluding hydrogens is 350 g/mol. The van der Waals surface area contributed by atoms with E-state index in [0.29, 0.717) is 22.8 Å². The van der Waals surface area contributed by atoms with E-state index in [0.717, 1.165) is 18.5 Å². The minimum absolute atomic E-state index is 0.0922. The number of carbonyl (C=O) groups excluding carboxylic acids is 1. The van der Waals surface area contributed by atoms with Crippen molar-refractivity contribution >= 4 is 5.91 Å². The Morgan fingerprint density at radius 3 is 2.61 bits per heavy atom. The van der Waals surface area contributed by atoms with E-state index in [9.17, 15) is 10.1 Å². The maximum atomic E-state index is 12.7. The topological polar surface area (TPSA) is 65.4 Å². The first-order valence-electron chi connectivity index (χ1n) is 9.55. The molecule has 0 bridgehead atoms. The second-order valence-corrected chi connectivity index (χ2v) is 7.65. The highest BCUT2D eigenvalue weighted by Crippen LogP contribution is 2.17. The Labute approximate surface area is 167 Å². The fourth-order valence-corrected chi connectivity index (χ4v) is 3.10. The molecule has 28 heavy (non-hydrogen) atoms. The van der Waals surface area contributed by atoms with Gasteiger partial charge in [-0.1, -0.05) is 38.1 Å². The fourth-order valence-electron chi connectivity index (χ4n) is 3.10. The van der Waals surface area contributed by atoms with Crippen LogP contribution in [0.5, 0.6) is 5.75 Å². The van der Waals surface area contributed by atoms with Crippen molar-refractivity contribution in [3.63, 3.8) is 0 Å². The summed E-state index contributed by atoms with van der Waals surface area (Å²) in [7, 11) is 4.01. The van der Waals surface area contributed by atoms with Crippen molar-refractivity contribution in [2.75, 3.05) is 20.6 Å². The molecule has 0 aromatic heterocycles. The first kappa shape index (κ1) is 21.5.